The van der Waals surface area contributed by atoms with Crippen molar-refractivity contribution in [3.8, 4) is 17.0 Å². The number of nitrogens with two attached hydrogens (primary N) is 1. The number of aromatic nitrogens is 3. The number of hydrogen-bond acceptors (Lipinski definition) is 5. The van der Waals surface area contributed by atoms with Gasteiger partial charge in [-0.1, -0.05) is 23.7 Å². The van der Waals surface area contributed by atoms with Crippen LogP contribution in [0, 0.1) is 0 Å². The molecule has 0 atom stereocenters. The molecule has 0 spiro atoms. The minimum absolute atomic E-state index is 0.0211. The summed E-state index contributed by atoms with van der Waals surface area (Å²) in [5.74, 6) is -0.204. The minimum atomic E-state index is -0.737. The standard InChI is InChI=1S/C18H15ClN4O3/c1-23-16(24)8-14(17(22-23)18(20)25)15-6-5-13(9-21-15)26-10-11-3-2-4-12(19)7-11/h2-9H,10H2,1H3,(H2,20,25). The largest absolute Gasteiger partial charge is 0.487 e. The summed E-state index contributed by atoms with van der Waals surface area (Å²) in [6.45, 7) is 0.335. The molecule has 0 bridgehead atoms. The van der Waals surface area contributed by atoms with Gasteiger partial charge in [-0.15, -0.1) is 0 Å². The highest BCUT2D eigenvalue weighted by molar-refractivity contribution is 6.30. The normalized spacial score (nSPS) is 10.5. The van der Waals surface area contributed by atoms with Crippen molar-refractivity contribution >= 4 is 17.5 Å². The summed E-state index contributed by atoms with van der Waals surface area (Å²) in [6.07, 6.45) is 1.50. The molecule has 0 fully saturated rings. The summed E-state index contributed by atoms with van der Waals surface area (Å²) in [5.41, 5.74) is 6.56. The Morgan fingerprint density at radius 3 is 2.73 bits per heavy atom. The van der Waals surface area contributed by atoms with Gasteiger partial charge in [0.2, 0.25) is 0 Å². The average molecular weight is 371 g/mol. The van der Waals surface area contributed by atoms with Gasteiger partial charge < -0.3 is 10.5 Å². The van der Waals surface area contributed by atoms with Crippen molar-refractivity contribution in [2.75, 3.05) is 0 Å². The van der Waals surface area contributed by atoms with Crippen LogP contribution in [0.1, 0.15) is 16.1 Å². The Morgan fingerprint density at radius 1 is 1.27 bits per heavy atom. The van der Waals surface area contributed by atoms with Gasteiger partial charge >= 0.3 is 0 Å². The van der Waals surface area contributed by atoms with Crippen molar-refractivity contribution in [3.05, 3.63) is 75.3 Å². The zero-order valence-corrected chi connectivity index (χ0v) is 14.6. The quantitative estimate of drug-likeness (QED) is 0.741. The van der Waals surface area contributed by atoms with E-state index >= 15 is 0 Å². The van der Waals surface area contributed by atoms with Gasteiger partial charge in [0, 0.05) is 23.7 Å². The lowest BCUT2D eigenvalue weighted by molar-refractivity contribution is 0.0994. The second kappa shape index (κ2) is 7.37. The topological polar surface area (TPSA) is 100 Å². The SMILES string of the molecule is Cn1nc(C(N)=O)c(-c2ccc(OCc3cccc(Cl)c3)cn2)cc1=O. The molecule has 3 aromatic rings. The molecule has 7 nitrogen and oxygen atoms in total. The Balaban J connectivity index is 1.83. The molecule has 3 rings (SSSR count). The van der Waals surface area contributed by atoms with Crippen LogP contribution in [0.15, 0.2) is 53.5 Å². The van der Waals surface area contributed by atoms with E-state index in [2.05, 4.69) is 10.1 Å². The maximum Gasteiger partial charge on any atom is 0.269 e. The minimum Gasteiger partial charge on any atom is -0.487 e. The van der Waals surface area contributed by atoms with E-state index in [0.29, 0.717) is 23.1 Å². The Bertz CT molecular complexity index is 1020. The van der Waals surface area contributed by atoms with E-state index in [1.165, 1.54) is 19.3 Å². The summed E-state index contributed by atoms with van der Waals surface area (Å²) >= 11 is 5.94. The van der Waals surface area contributed by atoms with Gasteiger partial charge in [-0.2, -0.15) is 5.10 Å². The zero-order chi connectivity index (χ0) is 18.7. The number of nitrogens with zero attached hydrogens (tertiary/aromatic N) is 3. The van der Waals surface area contributed by atoms with E-state index in [9.17, 15) is 9.59 Å². The molecule has 2 heterocycles. The molecule has 8 heteroatoms. The van der Waals surface area contributed by atoms with Crippen LogP contribution in [0.5, 0.6) is 5.75 Å². The molecule has 0 aliphatic carbocycles. The molecular weight excluding hydrogens is 356 g/mol. The lowest BCUT2D eigenvalue weighted by Crippen LogP contribution is -2.25. The summed E-state index contributed by atoms with van der Waals surface area (Å²) in [7, 11) is 1.44. The van der Waals surface area contributed by atoms with Crippen LogP contribution >= 0.6 is 11.6 Å². The highest BCUT2D eigenvalue weighted by Gasteiger charge is 2.15. The van der Waals surface area contributed by atoms with E-state index in [1.54, 1.807) is 18.2 Å². The van der Waals surface area contributed by atoms with E-state index in [0.717, 1.165) is 10.2 Å². The first-order valence-corrected chi connectivity index (χ1v) is 8.03. The molecule has 2 N–H and O–H groups in total. The molecular formula is C18H15ClN4O3. The van der Waals surface area contributed by atoms with Crippen LogP contribution in [0.3, 0.4) is 0 Å². The fraction of sp³-hybridized carbons (Fsp3) is 0.111. The summed E-state index contributed by atoms with van der Waals surface area (Å²) in [5, 5.41) is 4.54. The summed E-state index contributed by atoms with van der Waals surface area (Å²) in [6, 6.07) is 12.0. The van der Waals surface area contributed by atoms with Crippen LogP contribution < -0.4 is 16.0 Å². The number of aryl methyl sites for hydroxylation is 1. The number of carbonyl (C=O) groups excluding carboxylic acids is 1. The molecule has 26 heavy (non-hydrogen) atoms. The van der Waals surface area contributed by atoms with Crippen molar-refractivity contribution in [3.63, 3.8) is 0 Å². The average Bonchev–Trinajstić information content (AvgIpc) is 2.62. The van der Waals surface area contributed by atoms with Crippen LogP contribution in [-0.4, -0.2) is 20.7 Å². The number of halogens is 1. The Hall–Kier alpha value is -3.19. The lowest BCUT2D eigenvalue weighted by Gasteiger charge is -2.09. The molecule has 0 unspecified atom stereocenters. The third-order valence-electron chi connectivity index (χ3n) is 3.63. The Labute approximate surface area is 154 Å². The number of rotatable bonds is 5. The number of pyridine rings is 1. The molecule has 0 aliphatic heterocycles. The third-order valence-corrected chi connectivity index (χ3v) is 3.87. The smallest absolute Gasteiger partial charge is 0.269 e. The number of primary amides is 1. The molecule has 1 amide bonds. The first-order chi connectivity index (χ1) is 12.4. The summed E-state index contributed by atoms with van der Waals surface area (Å²) in [4.78, 5) is 27.7. The Kier molecular flexibility index (Phi) is 4.99. The fourth-order valence-corrected chi connectivity index (χ4v) is 2.55. The first kappa shape index (κ1) is 17.6. The highest BCUT2D eigenvalue weighted by atomic mass is 35.5. The van der Waals surface area contributed by atoms with Gasteiger partial charge in [-0.25, -0.2) is 4.68 Å². The maximum absolute atomic E-state index is 11.8. The highest BCUT2D eigenvalue weighted by Crippen LogP contribution is 2.21. The van der Waals surface area contributed by atoms with Crippen molar-refractivity contribution < 1.29 is 9.53 Å². The molecule has 0 aliphatic rings. The zero-order valence-electron chi connectivity index (χ0n) is 13.8. The van der Waals surface area contributed by atoms with E-state index in [-0.39, 0.29) is 16.8 Å². The van der Waals surface area contributed by atoms with Gasteiger partial charge in [-0.3, -0.25) is 14.6 Å². The Morgan fingerprint density at radius 2 is 2.08 bits per heavy atom. The van der Waals surface area contributed by atoms with Crippen molar-refractivity contribution in [1.29, 1.82) is 0 Å². The summed E-state index contributed by atoms with van der Waals surface area (Å²) < 4.78 is 6.71. The van der Waals surface area contributed by atoms with Crippen LogP contribution in [0.2, 0.25) is 5.02 Å². The van der Waals surface area contributed by atoms with Gasteiger partial charge in [0.25, 0.3) is 11.5 Å². The van der Waals surface area contributed by atoms with Gasteiger partial charge in [-0.05, 0) is 29.8 Å². The predicted molar refractivity (Wildman–Crippen MR) is 97.0 cm³/mol. The fourth-order valence-electron chi connectivity index (χ4n) is 2.33. The van der Waals surface area contributed by atoms with Gasteiger partial charge in [0.1, 0.15) is 12.4 Å². The maximum atomic E-state index is 11.8. The molecule has 0 saturated carbocycles. The number of benzene rings is 1. The van der Waals surface area contributed by atoms with E-state index < -0.39 is 5.91 Å². The van der Waals surface area contributed by atoms with Crippen LogP contribution in [0.4, 0.5) is 0 Å². The monoisotopic (exact) mass is 370 g/mol. The molecule has 2 aromatic heterocycles. The number of amides is 1. The third kappa shape index (κ3) is 3.89. The van der Waals surface area contributed by atoms with Crippen molar-refractivity contribution in [2.45, 2.75) is 6.61 Å². The second-order valence-corrected chi connectivity index (χ2v) is 5.97. The van der Waals surface area contributed by atoms with Gasteiger partial charge in [0.15, 0.2) is 5.69 Å². The molecule has 0 radical (unpaired) electrons. The second-order valence-electron chi connectivity index (χ2n) is 5.53. The van der Waals surface area contributed by atoms with Crippen LogP contribution in [0.25, 0.3) is 11.3 Å². The predicted octanol–water partition coefficient (Wildman–Crippen LogP) is 2.17. The molecule has 0 saturated heterocycles. The molecule has 1 aromatic carbocycles. The van der Waals surface area contributed by atoms with Gasteiger partial charge in [0.05, 0.1) is 11.9 Å². The molecule has 132 valence electrons. The van der Waals surface area contributed by atoms with E-state index in [4.69, 9.17) is 22.1 Å². The van der Waals surface area contributed by atoms with Crippen molar-refractivity contribution in [2.24, 2.45) is 12.8 Å². The van der Waals surface area contributed by atoms with E-state index in [1.807, 2.05) is 18.2 Å². The number of hydrogen-bond donors (Lipinski definition) is 1. The lowest BCUT2D eigenvalue weighted by atomic mass is 10.1. The number of carbonyl (C=O) groups is 1. The first-order valence-electron chi connectivity index (χ1n) is 7.66. The van der Waals surface area contributed by atoms with Crippen molar-refractivity contribution in [1.82, 2.24) is 14.8 Å². The number of ether oxygens (including phenoxy) is 1. The van der Waals surface area contributed by atoms with Crippen LogP contribution in [-0.2, 0) is 13.7 Å².